The standard InChI is InChI=1S/C15H13ClN4O/c1-10(7-21)13(11-5-3-2-4-6-11)20-9-19-12-14(16)17-8-18-15(12)20/h2-6,8-9,13,21H,1,7H2. The molecule has 0 saturated carbocycles. The Balaban J connectivity index is 2.20. The highest BCUT2D eigenvalue weighted by atomic mass is 35.5. The third kappa shape index (κ3) is 2.41. The molecule has 1 aromatic carbocycles. The number of halogens is 1. The first-order chi connectivity index (χ1) is 10.2. The Bertz CT molecular complexity index is 785. The molecular formula is C15H13ClN4O. The molecule has 2 heterocycles. The monoisotopic (exact) mass is 300 g/mol. The third-order valence-corrected chi connectivity index (χ3v) is 3.57. The normalized spacial score (nSPS) is 12.5. The van der Waals surface area contributed by atoms with Crippen LogP contribution in [-0.2, 0) is 0 Å². The second-order valence-electron chi connectivity index (χ2n) is 4.62. The highest BCUT2D eigenvalue weighted by Gasteiger charge is 2.20. The van der Waals surface area contributed by atoms with Crippen LogP contribution in [0.5, 0.6) is 0 Å². The smallest absolute Gasteiger partial charge is 0.165 e. The number of imidazole rings is 1. The van der Waals surface area contributed by atoms with Gasteiger partial charge in [-0.3, -0.25) is 0 Å². The zero-order valence-corrected chi connectivity index (χ0v) is 11.9. The summed E-state index contributed by atoms with van der Waals surface area (Å²) in [4.78, 5) is 12.4. The van der Waals surface area contributed by atoms with Gasteiger partial charge in [-0.05, 0) is 11.1 Å². The van der Waals surface area contributed by atoms with Crippen molar-refractivity contribution < 1.29 is 5.11 Å². The van der Waals surface area contributed by atoms with Crippen LogP contribution in [0.1, 0.15) is 11.6 Å². The summed E-state index contributed by atoms with van der Waals surface area (Å²) in [5.41, 5.74) is 2.78. The summed E-state index contributed by atoms with van der Waals surface area (Å²) >= 11 is 6.04. The molecule has 1 atom stereocenters. The highest BCUT2D eigenvalue weighted by molar-refractivity contribution is 6.33. The van der Waals surface area contributed by atoms with E-state index in [4.69, 9.17) is 11.6 Å². The van der Waals surface area contributed by atoms with Crippen LogP contribution in [0.2, 0.25) is 5.15 Å². The van der Waals surface area contributed by atoms with Crippen molar-refractivity contribution in [2.75, 3.05) is 6.61 Å². The van der Waals surface area contributed by atoms with Crippen LogP contribution in [0.4, 0.5) is 0 Å². The fraction of sp³-hybridized carbons (Fsp3) is 0.133. The number of rotatable bonds is 4. The van der Waals surface area contributed by atoms with E-state index in [9.17, 15) is 5.11 Å². The number of fused-ring (bicyclic) bond motifs is 1. The van der Waals surface area contributed by atoms with Crippen molar-refractivity contribution >= 4 is 22.8 Å². The Hall–Kier alpha value is -2.24. The number of benzene rings is 1. The second kappa shape index (κ2) is 5.63. The summed E-state index contributed by atoms with van der Waals surface area (Å²) in [5, 5.41) is 9.81. The number of aliphatic hydroxyl groups is 1. The van der Waals surface area contributed by atoms with Gasteiger partial charge in [-0.2, -0.15) is 0 Å². The maximum absolute atomic E-state index is 9.50. The number of nitrogens with zero attached hydrogens (tertiary/aromatic N) is 4. The van der Waals surface area contributed by atoms with Gasteiger partial charge in [0, 0.05) is 0 Å². The number of aromatic nitrogens is 4. The summed E-state index contributed by atoms with van der Waals surface area (Å²) in [7, 11) is 0. The second-order valence-corrected chi connectivity index (χ2v) is 4.98. The fourth-order valence-electron chi connectivity index (χ4n) is 2.33. The lowest BCUT2D eigenvalue weighted by Gasteiger charge is -2.20. The van der Waals surface area contributed by atoms with Gasteiger partial charge in [-0.25, -0.2) is 15.0 Å². The number of hydrogen-bond acceptors (Lipinski definition) is 4. The van der Waals surface area contributed by atoms with E-state index in [0.717, 1.165) is 5.56 Å². The number of aliphatic hydroxyl groups excluding tert-OH is 1. The van der Waals surface area contributed by atoms with E-state index in [1.807, 2.05) is 34.9 Å². The van der Waals surface area contributed by atoms with Gasteiger partial charge in [-0.1, -0.05) is 48.5 Å². The summed E-state index contributed by atoms with van der Waals surface area (Å²) in [6.07, 6.45) is 3.04. The average molecular weight is 301 g/mol. The Morgan fingerprint density at radius 3 is 2.71 bits per heavy atom. The van der Waals surface area contributed by atoms with E-state index in [2.05, 4.69) is 21.5 Å². The van der Waals surface area contributed by atoms with Crippen LogP contribution < -0.4 is 0 Å². The van der Waals surface area contributed by atoms with E-state index >= 15 is 0 Å². The molecule has 1 unspecified atom stereocenters. The molecule has 5 nitrogen and oxygen atoms in total. The van der Waals surface area contributed by atoms with Crippen LogP contribution in [0.25, 0.3) is 11.2 Å². The van der Waals surface area contributed by atoms with Gasteiger partial charge in [0.15, 0.2) is 10.8 Å². The molecule has 0 radical (unpaired) electrons. The Morgan fingerprint density at radius 1 is 1.24 bits per heavy atom. The molecule has 0 saturated heterocycles. The topological polar surface area (TPSA) is 63.8 Å². The van der Waals surface area contributed by atoms with Gasteiger partial charge in [0.25, 0.3) is 0 Å². The molecule has 0 spiro atoms. The van der Waals surface area contributed by atoms with Crippen molar-refractivity contribution in [1.82, 2.24) is 19.5 Å². The predicted molar refractivity (Wildman–Crippen MR) is 81.1 cm³/mol. The Morgan fingerprint density at radius 2 is 2.00 bits per heavy atom. The zero-order chi connectivity index (χ0) is 14.8. The Kier molecular flexibility index (Phi) is 3.68. The van der Waals surface area contributed by atoms with Crippen molar-refractivity contribution in [1.29, 1.82) is 0 Å². The average Bonchev–Trinajstić information content (AvgIpc) is 2.94. The van der Waals surface area contributed by atoms with Gasteiger partial charge in [0.05, 0.1) is 19.0 Å². The molecule has 0 bridgehead atoms. The molecule has 6 heteroatoms. The van der Waals surface area contributed by atoms with Crippen LogP contribution in [0.3, 0.4) is 0 Å². The summed E-state index contributed by atoms with van der Waals surface area (Å²) in [6, 6.07) is 9.50. The molecular weight excluding hydrogens is 288 g/mol. The van der Waals surface area contributed by atoms with Crippen LogP contribution in [-0.4, -0.2) is 31.2 Å². The maximum atomic E-state index is 9.50. The summed E-state index contributed by atoms with van der Waals surface area (Å²) in [6.45, 7) is 3.83. The molecule has 3 rings (SSSR count). The van der Waals surface area contributed by atoms with E-state index < -0.39 is 0 Å². The van der Waals surface area contributed by atoms with Gasteiger partial charge in [0.1, 0.15) is 11.8 Å². The maximum Gasteiger partial charge on any atom is 0.165 e. The predicted octanol–water partition coefficient (Wildman–Crippen LogP) is 2.62. The lowest BCUT2D eigenvalue weighted by molar-refractivity contribution is 0.319. The quantitative estimate of drug-likeness (QED) is 0.594. The van der Waals surface area contributed by atoms with Crippen molar-refractivity contribution in [3.8, 4) is 0 Å². The zero-order valence-electron chi connectivity index (χ0n) is 11.1. The Labute approximate surface area is 126 Å². The fourth-order valence-corrected chi connectivity index (χ4v) is 2.50. The highest BCUT2D eigenvalue weighted by Crippen LogP contribution is 2.29. The third-order valence-electron chi connectivity index (χ3n) is 3.30. The van der Waals surface area contributed by atoms with Crippen molar-refractivity contribution in [2.45, 2.75) is 6.04 Å². The molecule has 0 aliphatic carbocycles. The number of hydrogen-bond donors (Lipinski definition) is 1. The lowest BCUT2D eigenvalue weighted by atomic mass is 10.0. The molecule has 3 aromatic rings. The first-order valence-corrected chi connectivity index (χ1v) is 6.76. The van der Waals surface area contributed by atoms with Gasteiger partial charge < -0.3 is 9.67 Å². The molecule has 0 amide bonds. The minimum Gasteiger partial charge on any atom is -0.392 e. The van der Waals surface area contributed by atoms with Crippen LogP contribution in [0, 0.1) is 0 Å². The van der Waals surface area contributed by atoms with Gasteiger partial charge in [0.2, 0.25) is 0 Å². The van der Waals surface area contributed by atoms with E-state index in [1.54, 1.807) is 6.33 Å². The van der Waals surface area contributed by atoms with Crippen LogP contribution in [0.15, 0.2) is 55.1 Å². The molecule has 106 valence electrons. The van der Waals surface area contributed by atoms with Gasteiger partial charge >= 0.3 is 0 Å². The molecule has 0 fully saturated rings. The molecule has 21 heavy (non-hydrogen) atoms. The van der Waals surface area contributed by atoms with Crippen molar-refractivity contribution in [2.24, 2.45) is 0 Å². The summed E-state index contributed by atoms with van der Waals surface area (Å²) < 4.78 is 1.84. The molecule has 0 aliphatic rings. The first kappa shape index (κ1) is 13.7. The van der Waals surface area contributed by atoms with Gasteiger partial charge in [-0.15, -0.1) is 0 Å². The molecule has 1 N–H and O–H groups in total. The van der Waals surface area contributed by atoms with E-state index in [-0.39, 0.29) is 12.6 Å². The lowest BCUT2D eigenvalue weighted by Crippen LogP contribution is -2.14. The summed E-state index contributed by atoms with van der Waals surface area (Å²) in [5.74, 6) is 0. The first-order valence-electron chi connectivity index (χ1n) is 6.39. The van der Waals surface area contributed by atoms with Crippen molar-refractivity contribution in [3.63, 3.8) is 0 Å². The molecule has 0 aliphatic heterocycles. The largest absolute Gasteiger partial charge is 0.392 e. The van der Waals surface area contributed by atoms with E-state index in [0.29, 0.717) is 21.9 Å². The van der Waals surface area contributed by atoms with E-state index in [1.165, 1.54) is 6.33 Å². The molecule has 2 aromatic heterocycles. The van der Waals surface area contributed by atoms with Crippen molar-refractivity contribution in [3.05, 3.63) is 65.9 Å². The minimum atomic E-state index is -0.257. The SMILES string of the molecule is C=C(CO)C(c1ccccc1)n1cnc2c(Cl)ncnc21. The minimum absolute atomic E-state index is 0.127. The van der Waals surface area contributed by atoms with Crippen LogP contribution >= 0.6 is 11.6 Å².